The summed E-state index contributed by atoms with van der Waals surface area (Å²) < 4.78 is 25.4. The van der Waals surface area contributed by atoms with E-state index in [1.54, 1.807) is 19.1 Å². The summed E-state index contributed by atoms with van der Waals surface area (Å²) in [4.78, 5) is 19.1. The minimum atomic E-state index is -0.491. The highest BCUT2D eigenvalue weighted by Crippen LogP contribution is 2.28. The fraction of sp³-hybridized carbons (Fsp3) is 0.450. The Balaban J connectivity index is 1.34. The number of hydrogen-bond acceptors (Lipinski definition) is 8. The van der Waals surface area contributed by atoms with Crippen molar-refractivity contribution in [3.63, 3.8) is 0 Å². The van der Waals surface area contributed by atoms with Gasteiger partial charge in [-0.2, -0.15) is 0 Å². The van der Waals surface area contributed by atoms with E-state index in [9.17, 15) is 9.18 Å². The standard InChI is InChI=1S/C20H23FN6O3S2/c1-13(31)22-10-15-11-27(20(28)30-15)14-2-3-17(16(21)8-14)25-4-6-26(7-5-25)19(32)9-18-24-23-12-29-18/h2-3,8,12,15H,4-7,9-11H2,1H3,(H,22,31)/t15-/m0/s1. The molecule has 2 saturated heterocycles. The molecule has 0 spiro atoms. The summed E-state index contributed by atoms with van der Waals surface area (Å²) in [6.07, 6.45) is 0.869. The van der Waals surface area contributed by atoms with Gasteiger partial charge in [0, 0.05) is 26.2 Å². The number of nitrogens with zero attached hydrogens (tertiary/aromatic N) is 5. The zero-order valence-corrected chi connectivity index (χ0v) is 19.1. The Labute approximate surface area is 195 Å². The lowest BCUT2D eigenvalue weighted by Crippen LogP contribution is -2.49. The van der Waals surface area contributed by atoms with Crippen LogP contribution >= 0.6 is 24.4 Å². The quantitative estimate of drug-likeness (QED) is 0.623. The number of ether oxygens (including phenoxy) is 1. The van der Waals surface area contributed by atoms with Crippen LogP contribution in [-0.4, -0.2) is 76.5 Å². The monoisotopic (exact) mass is 478 g/mol. The number of piperazine rings is 1. The molecule has 0 radical (unpaired) electrons. The maximum Gasteiger partial charge on any atom is 0.414 e. The number of rotatable bonds is 6. The van der Waals surface area contributed by atoms with E-state index < -0.39 is 6.09 Å². The van der Waals surface area contributed by atoms with Crippen LogP contribution in [0.5, 0.6) is 0 Å². The molecule has 0 aliphatic carbocycles. The Morgan fingerprint density at radius 2 is 2.06 bits per heavy atom. The van der Waals surface area contributed by atoms with Crippen molar-refractivity contribution < 1.29 is 18.3 Å². The van der Waals surface area contributed by atoms with Crippen molar-refractivity contribution in [2.24, 2.45) is 0 Å². The van der Waals surface area contributed by atoms with E-state index in [-0.39, 0.29) is 11.9 Å². The van der Waals surface area contributed by atoms with Gasteiger partial charge in [-0.05, 0) is 25.1 Å². The molecule has 1 N–H and O–H groups in total. The highest BCUT2D eigenvalue weighted by atomic mass is 32.1. The van der Waals surface area contributed by atoms with Gasteiger partial charge < -0.3 is 24.3 Å². The Bertz CT molecular complexity index is 997. The third-order valence-corrected chi connectivity index (χ3v) is 5.92. The van der Waals surface area contributed by atoms with E-state index in [2.05, 4.69) is 20.4 Å². The SMILES string of the molecule is CC(=S)NC[C@H]1CN(c2ccc(N3CCN(C(=S)Cc4nnco4)CC3)c(F)c2)C(=O)O1. The fourth-order valence-corrected chi connectivity index (χ4v) is 4.12. The second-order valence-corrected chi connectivity index (χ2v) is 8.65. The molecule has 0 unspecified atom stereocenters. The highest BCUT2D eigenvalue weighted by Gasteiger charge is 2.33. The van der Waals surface area contributed by atoms with Crippen molar-refractivity contribution in [3.05, 3.63) is 36.3 Å². The van der Waals surface area contributed by atoms with Crippen molar-refractivity contribution in [3.8, 4) is 0 Å². The average Bonchev–Trinajstić information content (AvgIpc) is 3.41. The number of halogens is 1. The van der Waals surface area contributed by atoms with E-state index >= 15 is 0 Å². The van der Waals surface area contributed by atoms with Crippen molar-refractivity contribution in [2.45, 2.75) is 19.4 Å². The number of carbonyl (C=O) groups is 1. The van der Waals surface area contributed by atoms with Crippen LogP contribution in [-0.2, 0) is 11.2 Å². The van der Waals surface area contributed by atoms with Gasteiger partial charge in [0.1, 0.15) is 11.9 Å². The molecule has 1 amide bonds. The van der Waals surface area contributed by atoms with Crippen LogP contribution in [0, 0.1) is 5.82 Å². The van der Waals surface area contributed by atoms with Crippen LogP contribution in [0.3, 0.4) is 0 Å². The number of benzene rings is 1. The van der Waals surface area contributed by atoms with Crippen molar-refractivity contribution in [1.82, 2.24) is 20.4 Å². The Morgan fingerprint density at radius 3 is 2.72 bits per heavy atom. The number of thiocarbonyl (C=S) groups is 2. The Kier molecular flexibility index (Phi) is 6.80. The summed E-state index contributed by atoms with van der Waals surface area (Å²) in [5.74, 6) is 0.100. The van der Waals surface area contributed by atoms with Gasteiger partial charge in [0.25, 0.3) is 0 Å². The summed E-state index contributed by atoms with van der Waals surface area (Å²) in [6, 6.07) is 4.83. The largest absolute Gasteiger partial charge is 0.442 e. The Hall–Kier alpha value is -2.86. The van der Waals surface area contributed by atoms with Crippen LogP contribution in [0.15, 0.2) is 29.0 Å². The molecule has 9 nitrogen and oxygen atoms in total. The van der Waals surface area contributed by atoms with Gasteiger partial charge in [0.05, 0.1) is 40.9 Å². The van der Waals surface area contributed by atoms with Gasteiger partial charge >= 0.3 is 6.09 Å². The van der Waals surface area contributed by atoms with Crippen LogP contribution in [0.4, 0.5) is 20.6 Å². The molecule has 2 aliphatic rings. The van der Waals surface area contributed by atoms with Gasteiger partial charge in [0.15, 0.2) is 0 Å². The van der Waals surface area contributed by atoms with Crippen molar-refractivity contribution in [1.29, 1.82) is 0 Å². The lowest BCUT2D eigenvalue weighted by molar-refractivity contribution is 0.143. The molecule has 32 heavy (non-hydrogen) atoms. The number of anilines is 2. The second kappa shape index (κ2) is 9.74. The molecular weight excluding hydrogens is 455 g/mol. The zero-order chi connectivity index (χ0) is 22.7. The van der Waals surface area contributed by atoms with Crippen LogP contribution in [0.25, 0.3) is 0 Å². The summed E-state index contributed by atoms with van der Waals surface area (Å²) in [5, 5.41) is 10.5. The predicted molar refractivity (Wildman–Crippen MR) is 125 cm³/mol. The average molecular weight is 479 g/mol. The van der Waals surface area contributed by atoms with E-state index in [1.807, 2.05) is 4.90 Å². The first kappa shape index (κ1) is 22.3. The molecule has 12 heteroatoms. The molecule has 4 rings (SSSR count). The van der Waals surface area contributed by atoms with Gasteiger partial charge in [0.2, 0.25) is 12.3 Å². The topological polar surface area (TPSA) is 87.0 Å². The lowest BCUT2D eigenvalue weighted by Gasteiger charge is -2.37. The number of nitrogens with one attached hydrogen (secondary N) is 1. The molecule has 1 atom stereocenters. The molecule has 170 valence electrons. The third-order valence-electron chi connectivity index (χ3n) is 5.38. The van der Waals surface area contributed by atoms with E-state index in [1.165, 1.54) is 17.4 Å². The lowest BCUT2D eigenvalue weighted by atomic mass is 10.2. The predicted octanol–water partition coefficient (Wildman–Crippen LogP) is 2.16. The molecular formula is C20H23FN6O3S2. The highest BCUT2D eigenvalue weighted by molar-refractivity contribution is 7.80. The van der Waals surface area contributed by atoms with E-state index in [4.69, 9.17) is 33.6 Å². The molecule has 3 heterocycles. The molecule has 2 aliphatic heterocycles. The van der Waals surface area contributed by atoms with Crippen molar-refractivity contribution in [2.75, 3.05) is 49.1 Å². The number of aromatic nitrogens is 2. The van der Waals surface area contributed by atoms with Crippen LogP contribution < -0.4 is 15.1 Å². The minimum absolute atomic E-state index is 0.337. The van der Waals surface area contributed by atoms with Crippen LogP contribution in [0.2, 0.25) is 0 Å². The van der Waals surface area contributed by atoms with Crippen LogP contribution in [0.1, 0.15) is 12.8 Å². The van der Waals surface area contributed by atoms with Gasteiger partial charge in [-0.15, -0.1) is 10.2 Å². The van der Waals surface area contributed by atoms with Gasteiger partial charge in [-0.1, -0.05) is 24.4 Å². The zero-order valence-electron chi connectivity index (χ0n) is 17.5. The van der Waals surface area contributed by atoms with Crippen molar-refractivity contribution >= 4 is 51.9 Å². The second-order valence-electron chi connectivity index (χ2n) is 7.57. The number of hydrogen-bond donors (Lipinski definition) is 1. The van der Waals surface area contributed by atoms with Gasteiger partial charge in [-0.25, -0.2) is 9.18 Å². The van der Waals surface area contributed by atoms with Gasteiger partial charge in [-0.3, -0.25) is 4.90 Å². The number of amides is 1. The summed E-state index contributed by atoms with van der Waals surface area (Å²) in [5.41, 5.74) is 0.968. The maximum atomic E-state index is 15.0. The fourth-order valence-electron chi connectivity index (χ4n) is 3.73. The number of cyclic esters (lactones) is 1. The first-order chi connectivity index (χ1) is 15.4. The molecule has 1 aromatic heterocycles. The molecule has 2 fully saturated rings. The smallest absolute Gasteiger partial charge is 0.414 e. The van der Waals surface area contributed by atoms with E-state index in [0.717, 1.165) is 4.99 Å². The summed E-state index contributed by atoms with van der Waals surface area (Å²) in [7, 11) is 0. The third kappa shape index (κ3) is 5.13. The Morgan fingerprint density at radius 1 is 1.28 bits per heavy atom. The normalized spacial score (nSPS) is 18.6. The molecule has 0 saturated carbocycles. The molecule has 2 aromatic rings. The summed E-state index contributed by atoms with van der Waals surface area (Å²) in [6.45, 7) is 5.10. The molecule has 1 aromatic carbocycles. The van der Waals surface area contributed by atoms with E-state index in [0.29, 0.717) is 67.9 Å². The summed E-state index contributed by atoms with van der Waals surface area (Å²) >= 11 is 10.5. The first-order valence-corrected chi connectivity index (χ1v) is 11.0. The molecule has 0 bridgehead atoms. The maximum absolute atomic E-state index is 15.0. The number of carbonyl (C=O) groups excluding carboxylic acids is 1. The minimum Gasteiger partial charge on any atom is -0.442 e. The first-order valence-electron chi connectivity index (χ1n) is 10.2.